The van der Waals surface area contributed by atoms with E-state index in [0.29, 0.717) is 22.5 Å². The minimum Gasteiger partial charge on any atom is -0.309 e. The maximum atomic E-state index is 9.46. The second-order valence-corrected chi connectivity index (χ2v) is 17.5. The molecule has 4 nitrogen and oxygen atoms in total. The van der Waals surface area contributed by atoms with Gasteiger partial charge in [0.25, 0.3) is 0 Å². The fourth-order valence-electron chi connectivity index (χ4n) is 10.3. The lowest BCUT2D eigenvalue weighted by Crippen LogP contribution is -2.06. The molecule has 0 aliphatic rings. The molecule has 0 aliphatic carbocycles. The maximum Gasteiger partial charge on any atom is 0.140 e. The van der Waals surface area contributed by atoms with Gasteiger partial charge in [0, 0.05) is 58.1 Å². The SMILES string of the molecule is [2H]c1c([2H])c([2H])c2c(c1[2H])c1ccccc1n2-c1cc(-c2c(-c3ccc4c(c3)sc3ccccc34)cccc2-n2c3ccccc3c3ccccc32)cc(-n2c3ccccc3c3ccccc32)n1. The molecule has 14 rings (SSSR count). The Labute approximate surface area is 377 Å². The van der Waals surface area contributed by atoms with Crippen LogP contribution in [0.4, 0.5) is 0 Å². The third kappa shape index (κ3) is 5.07. The third-order valence-corrected chi connectivity index (χ3v) is 14.1. The molecule has 0 bridgehead atoms. The first-order chi connectivity index (χ1) is 33.4. The van der Waals surface area contributed by atoms with Crippen molar-refractivity contribution in [3.05, 3.63) is 218 Å². The van der Waals surface area contributed by atoms with Gasteiger partial charge in [-0.25, -0.2) is 4.98 Å². The molecular weight excluding hydrogens is 797 g/mol. The number of aromatic nitrogens is 4. The highest BCUT2D eigenvalue weighted by Gasteiger charge is 2.23. The zero-order valence-corrected chi connectivity index (χ0v) is 35.0. The number of pyridine rings is 1. The maximum absolute atomic E-state index is 9.46. The zero-order valence-electron chi connectivity index (χ0n) is 38.2. The van der Waals surface area contributed by atoms with Gasteiger partial charge in [0.2, 0.25) is 0 Å². The Kier molecular flexibility index (Phi) is 6.72. The molecule has 0 unspecified atom stereocenters. The van der Waals surface area contributed by atoms with Gasteiger partial charge in [-0.15, -0.1) is 11.3 Å². The molecule has 9 aromatic carbocycles. The van der Waals surface area contributed by atoms with Crippen LogP contribution in [-0.4, -0.2) is 18.7 Å². The van der Waals surface area contributed by atoms with E-state index >= 15 is 0 Å². The monoisotopic (exact) mass is 836 g/mol. The number of rotatable bonds is 5. The Balaban J connectivity index is 1.16. The Morgan fingerprint density at radius 3 is 1.45 bits per heavy atom. The average molecular weight is 837 g/mol. The number of benzene rings is 9. The molecular formula is C59H36N4S. The van der Waals surface area contributed by atoms with E-state index in [1.165, 1.54) is 20.2 Å². The molecule has 14 aromatic rings. The highest BCUT2D eigenvalue weighted by Crippen LogP contribution is 2.45. The van der Waals surface area contributed by atoms with Crippen LogP contribution in [0.25, 0.3) is 125 Å². The second-order valence-electron chi connectivity index (χ2n) is 16.4. The van der Waals surface area contributed by atoms with Crippen LogP contribution in [0.2, 0.25) is 0 Å². The van der Waals surface area contributed by atoms with Crippen molar-refractivity contribution in [2.45, 2.75) is 0 Å². The van der Waals surface area contributed by atoms with Crippen molar-refractivity contribution in [1.82, 2.24) is 18.7 Å². The summed E-state index contributed by atoms with van der Waals surface area (Å²) >= 11 is 1.80. The summed E-state index contributed by atoms with van der Waals surface area (Å²) in [6.45, 7) is 0. The Morgan fingerprint density at radius 1 is 0.359 bits per heavy atom. The van der Waals surface area contributed by atoms with Gasteiger partial charge >= 0.3 is 0 Å². The van der Waals surface area contributed by atoms with E-state index < -0.39 is 0 Å². The summed E-state index contributed by atoms with van der Waals surface area (Å²) < 4.78 is 45.4. The van der Waals surface area contributed by atoms with E-state index in [0.717, 1.165) is 82.5 Å². The fraction of sp³-hybridized carbons (Fsp3) is 0. The molecule has 0 N–H and O–H groups in total. The Morgan fingerprint density at radius 2 is 0.844 bits per heavy atom. The number of hydrogen-bond donors (Lipinski definition) is 0. The summed E-state index contributed by atoms with van der Waals surface area (Å²) in [4.78, 5) is 5.60. The van der Waals surface area contributed by atoms with E-state index in [1.807, 2.05) is 28.8 Å². The quantitative estimate of drug-likeness (QED) is 0.170. The lowest BCUT2D eigenvalue weighted by molar-refractivity contribution is 1.01. The van der Waals surface area contributed by atoms with Gasteiger partial charge in [-0.2, -0.15) is 0 Å². The summed E-state index contributed by atoms with van der Waals surface area (Å²) in [7, 11) is 0. The normalized spacial score (nSPS) is 12.9. The highest BCUT2D eigenvalue weighted by molar-refractivity contribution is 7.25. The number of fused-ring (bicyclic) bond motifs is 12. The minimum absolute atomic E-state index is 0.0784. The molecule has 0 aliphatic heterocycles. The standard InChI is InChI=1S/C59H36N4S/c1-8-24-48-40(16-1)41-17-2-9-25-49(41)61(48)54-30-15-23-39(37-32-33-47-46-22-7-14-31-55(46)64-56(47)34-37)59(54)38-35-57(62-50-26-10-3-18-42(50)43-19-4-11-27-51(43)62)60-58(36-38)63-52-28-12-5-20-44(52)45-21-6-13-29-53(45)63/h1-36H/i3D,10D,18D,26D. The van der Waals surface area contributed by atoms with Crippen LogP contribution in [0.15, 0.2) is 218 Å². The van der Waals surface area contributed by atoms with Crippen LogP contribution >= 0.6 is 11.3 Å². The van der Waals surface area contributed by atoms with E-state index in [-0.39, 0.29) is 24.2 Å². The lowest BCUT2D eigenvalue weighted by Gasteiger charge is -2.21. The van der Waals surface area contributed by atoms with E-state index in [4.69, 9.17) is 7.73 Å². The zero-order chi connectivity index (χ0) is 45.4. The fourth-order valence-corrected chi connectivity index (χ4v) is 11.4. The summed E-state index contributed by atoms with van der Waals surface area (Å²) in [6.07, 6.45) is 0. The van der Waals surface area contributed by atoms with Crippen molar-refractivity contribution < 1.29 is 5.48 Å². The first-order valence-corrected chi connectivity index (χ1v) is 22.3. The van der Waals surface area contributed by atoms with E-state index in [2.05, 4.69) is 179 Å². The molecule has 64 heavy (non-hydrogen) atoms. The smallest absolute Gasteiger partial charge is 0.140 e. The largest absolute Gasteiger partial charge is 0.309 e. The molecule has 0 saturated heterocycles. The van der Waals surface area contributed by atoms with Crippen molar-refractivity contribution in [3.8, 4) is 39.6 Å². The van der Waals surface area contributed by atoms with E-state index in [9.17, 15) is 2.74 Å². The molecule has 0 amide bonds. The van der Waals surface area contributed by atoms with Crippen LogP contribution in [0.1, 0.15) is 5.48 Å². The lowest BCUT2D eigenvalue weighted by atomic mass is 9.92. The number of nitrogens with zero attached hydrogens (tertiary/aromatic N) is 4. The van der Waals surface area contributed by atoms with Gasteiger partial charge in [-0.1, -0.05) is 152 Å². The van der Waals surface area contributed by atoms with Crippen LogP contribution in [0.5, 0.6) is 0 Å². The van der Waals surface area contributed by atoms with E-state index in [1.54, 1.807) is 11.3 Å². The molecule has 5 heterocycles. The van der Waals surface area contributed by atoms with Gasteiger partial charge in [0.15, 0.2) is 0 Å². The molecule has 0 saturated carbocycles. The van der Waals surface area contributed by atoms with Crippen LogP contribution in [0.3, 0.4) is 0 Å². The summed E-state index contributed by atoms with van der Waals surface area (Å²) in [5.74, 6) is 1.20. The first-order valence-electron chi connectivity index (χ1n) is 23.5. The van der Waals surface area contributed by atoms with Crippen LogP contribution < -0.4 is 0 Å². The van der Waals surface area contributed by atoms with Crippen molar-refractivity contribution in [1.29, 1.82) is 0 Å². The number of hydrogen-bond acceptors (Lipinski definition) is 2. The summed E-state index contributed by atoms with van der Waals surface area (Å²) in [5.41, 5.74) is 10.3. The molecule has 5 heteroatoms. The molecule has 0 atom stereocenters. The molecule has 298 valence electrons. The molecule has 0 fully saturated rings. The van der Waals surface area contributed by atoms with Gasteiger partial charge in [0.05, 0.1) is 44.3 Å². The highest BCUT2D eigenvalue weighted by atomic mass is 32.1. The van der Waals surface area contributed by atoms with Crippen LogP contribution in [-0.2, 0) is 0 Å². The van der Waals surface area contributed by atoms with Gasteiger partial charge in [-0.05, 0) is 83.4 Å². The summed E-state index contributed by atoms with van der Waals surface area (Å²) in [6, 6.07) is 67.4. The van der Waals surface area contributed by atoms with Gasteiger partial charge in [0.1, 0.15) is 11.6 Å². The van der Waals surface area contributed by atoms with Gasteiger partial charge < -0.3 is 4.57 Å². The van der Waals surface area contributed by atoms with Crippen molar-refractivity contribution in [2.75, 3.05) is 0 Å². The number of para-hydroxylation sites is 6. The third-order valence-electron chi connectivity index (χ3n) is 13.0. The average Bonchev–Trinajstić information content (AvgIpc) is 4.13. The Hall–Kier alpha value is -8.25. The van der Waals surface area contributed by atoms with Crippen molar-refractivity contribution in [2.24, 2.45) is 0 Å². The topological polar surface area (TPSA) is 27.7 Å². The van der Waals surface area contributed by atoms with Crippen molar-refractivity contribution >= 4 is 96.9 Å². The summed E-state index contributed by atoms with van der Waals surface area (Å²) in [5, 5.41) is 8.18. The minimum atomic E-state index is -0.291. The van der Waals surface area contributed by atoms with Gasteiger partial charge in [-0.3, -0.25) is 9.13 Å². The predicted molar refractivity (Wildman–Crippen MR) is 271 cm³/mol. The Bertz CT molecular complexity index is 4350. The molecule has 0 spiro atoms. The molecule has 5 aromatic heterocycles. The predicted octanol–water partition coefficient (Wildman–Crippen LogP) is 16.1. The second kappa shape index (κ2) is 13.6. The van der Waals surface area contributed by atoms with Crippen molar-refractivity contribution in [3.63, 3.8) is 0 Å². The number of thiophene rings is 1. The first kappa shape index (κ1) is 31.6. The molecule has 0 radical (unpaired) electrons. The van der Waals surface area contributed by atoms with Crippen LogP contribution in [0, 0.1) is 0 Å².